The van der Waals surface area contributed by atoms with Crippen LogP contribution in [-0.4, -0.2) is 21.8 Å². The van der Waals surface area contributed by atoms with Crippen LogP contribution in [-0.2, 0) is 4.79 Å². The minimum Gasteiger partial charge on any atom is -0.479 e. The van der Waals surface area contributed by atoms with Crippen molar-refractivity contribution in [2.24, 2.45) is 5.92 Å². The summed E-state index contributed by atoms with van der Waals surface area (Å²) in [5.41, 5.74) is -1.54. The molecule has 0 aromatic carbocycles. The van der Waals surface area contributed by atoms with Gasteiger partial charge < -0.3 is 10.2 Å². The highest BCUT2D eigenvalue weighted by molar-refractivity contribution is 5.77. The molecule has 0 fully saturated rings. The Balaban J connectivity index is 4.38. The van der Waals surface area contributed by atoms with Crippen LogP contribution < -0.4 is 0 Å². The topological polar surface area (TPSA) is 57.5 Å². The third kappa shape index (κ3) is 1.48. The predicted molar refractivity (Wildman–Crippen MR) is 37.7 cm³/mol. The van der Waals surface area contributed by atoms with Gasteiger partial charge in [-0.25, -0.2) is 4.79 Å². The molecule has 0 saturated carbocycles. The highest BCUT2D eigenvalue weighted by Crippen LogP contribution is 2.20. The van der Waals surface area contributed by atoms with Gasteiger partial charge in [-0.1, -0.05) is 20.8 Å². The van der Waals surface area contributed by atoms with Crippen LogP contribution in [0.1, 0.15) is 27.2 Å². The molecule has 0 bridgehead atoms. The van der Waals surface area contributed by atoms with Gasteiger partial charge >= 0.3 is 5.97 Å². The third-order valence-corrected chi connectivity index (χ3v) is 1.86. The van der Waals surface area contributed by atoms with E-state index < -0.39 is 11.6 Å². The maximum absolute atomic E-state index is 10.4. The standard InChI is InChI=1S/C7H14O3/c1-4-7(10,5(2)3)6(8)9/h5,10H,4H2,1-3H3,(H,8,9). The summed E-state index contributed by atoms with van der Waals surface area (Å²) in [5, 5.41) is 17.9. The first-order valence-electron chi connectivity index (χ1n) is 3.41. The monoisotopic (exact) mass is 146 g/mol. The van der Waals surface area contributed by atoms with Crippen molar-refractivity contribution in [1.82, 2.24) is 0 Å². The van der Waals surface area contributed by atoms with Crippen molar-refractivity contribution in [2.75, 3.05) is 0 Å². The Kier molecular flexibility index (Phi) is 2.84. The Morgan fingerprint density at radius 3 is 2.00 bits per heavy atom. The lowest BCUT2D eigenvalue weighted by molar-refractivity contribution is -0.163. The zero-order valence-corrected chi connectivity index (χ0v) is 6.59. The summed E-state index contributed by atoms with van der Waals surface area (Å²) in [7, 11) is 0. The average molecular weight is 146 g/mol. The van der Waals surface area contributed by atoms with Crippen LogP contribution in [0, 0.1) is 5.92 Å². The van der Waals surface area contributed by atoms with Crippen LogP contribution in [0.5, 0.6) is 0 Å². The second-order valence-electron chi connectivity index (χ2n) is 2.74. The fraction of sp³-hybridized carbons (Fsp3) is 0.857. The zero-order chi connectivity index (χ0) is 8.36. The van der Waals surface area contributed by atoms with Gasteiger partial charge in [0.2, 0.25) is 0 Å². The lowest BCUT2D eigenvalue weighted by atomic mass is 9.88. The molecule has 0 aliphatic rings. The van der Waals surface area contributed by atoms with Crippen molar-refractivity contribution >= 4 is 5.97 Å². The molecule has 2 N–H and O–H groups in total. The molecule has 0 rings (SSSR count). The molecule has 10 heavy (non-hydrogen) atoms. The summed E-state index contributed by atoms with van der Waals surface area (Å²) in [6.07, 6.45) is 0.250. The normalized spacial score (nSPS) is 16.9. The predicted octanol–water partition coefficient (Wildman–Crippen LogP) is 0.868. The van der Waals surface area contributed by atoms with Crippen LogP contribution in [0.15, 0.2) is 0 Å². The minimum atomic E-state index is -1.54. The van der Waals surface area contributed by atoms with E-state index in [0.29, 0.717) is 0 Å². The van der Waals surface area contributed by atoms with Gasteiger partial charge in [0.1, 0.15) is 0 Å². The zero-order valence-electron chi connectivity index (χ0n) is 6.59. The van der Waals surface area contributed by atoms with Crippen molar-refractivity contribution in [2.45, 2.75) is 32.8 Å². The van der Waals surface area contributed by atoms with E-state index in [1.165, 1.54) is 0 Å². The maximum Gasteiger partial charge on any atom is 0.335 e. The summed E-state index contributed by atoms with van der Waals surface area (Å²) in [4.78, 5) is 10.4. The van der Waals surface area contributed by atoms with Crippen molar-refractivity contribution in [3.63, 3.8) is 0 Å². The van der Waals surface area contributed by atoms with Gasteiger partial charge in [0.15, 0.2) is 5.60 Å². The summed E-state index contributed by atoms with van der Waals surface area (Å²) in [6, 6.07) is 0. The highest BCUT2D eigenvalue weighted by atomic mass is 16.4. The van der Waals surface area contributed by atoms with E-state index in [1.807, 2.05) is 0 Å². The SMILES string of the molecule is CCC(O)(C(=O)O)C(C)C. The van der Waals surface area contributed by atoms with Crippen molar-refractivity contribution in [1.29, 1.82) is 0 Å². The van der Waals surface area contributed by atoms with Gasteiger partial charge in [-0.15, -0.1) is 0 Å². The molecule has 1 atom stereocenters. The molecule has 3 heteroatoms. The van der Waals surface area contributed by atoms with Crippen molar-refractivity contribution in [3.8, 4) is 0 Å². The first-order valence-corrected chi connectivity index (χ1v) is 3.41. The van der Waals surface area contributed by atoms with Crippen LogP contribution >= 0.6 is 0 Å². The van der Waals surface area contributed by atoms with E-state index >= 15 is 0 Å². The van der Waals surface area contributed by atoms with Gasteiger partial charge in [0, 0.05) is 0 Å². The van der Waals surface area contributed by atoms with Crippen LogP contribution in [0.2, 0.25) is 0 Å². The molecule has 0 aliphatic carbocycles. The third-order valence-electron chi connectivity index (χ3n) is 1.86. The van der Waals surface area contributed by atoms with E-state index in [4.69, 9.17) is 5.11 Å². The first-order chi connectivity index (χ1) is 4.45. The number of aliphatic hydroxyl groups is 1. The van der Waals surface area contributed by atoms with Crippen molar-refractivity contribution < 1.29 is 15.0 Å². The van der Waals surface area contributed by atoms with Crippen molar-refractivity contribution in [3.05, 3.63) is 0 Å². The number of hydrogen-bond donors (Lipinski definition) is 2. The lowest BCUT2D eigenvalue weighted by Gasteiger charge is -2.25. The van der Waals surface area contributed by atoms with Crippen LogP contribution in [0.3, 0.4) is 0 Å². The molecule has 3 nitrogen and oxygen atoms in total. The Labute approximate surface area is 60.7 Å². The maximum atomic E-state index is 10.4. The molecular formula is C7H14O3. The molecule has 0 aliphatic heterocycles. The summed E-state index contributed by atoms with van der Waals surface area (Å²) >= 11 is 0. The summed E-state index contributed by atoms with van der Waals surface area (Å²) in [6.45, 7) is 5.04. The van der Waals surface area contributed by atoms with E-state index in [2.05, 4.69) is 0 Å². The first kappa shape index (κ1) is 9.43. The fourth-order valence-electron chi connectivity index (χ4n) is 0.806. The Morgan fingerprint density at radius 2 is 2.00 bits per heavy atom. The number of carbonyl (C=O) groups is 1. The molecule has 1 unspecified atom stereocenters. The summed E-state index contributed by atoms with van der Waals surface area (Å²) < 4.78 is 0. The molecule has 0 spiro atoms. The number of hydrogen-bond acceptors (Lipinski definition) is 2. The minimum absolute atomic E-state index is 0.241. The Hall–Kier alpha value is -0.570. The van der Waals surface area contributed by atoms with Gasteiger partial charge in [-0.2, -0.15) is 0 Å². The summed E-state index contributed by atoms with van der Waals surface area (Å²) in [5.74, 6) is -1.38. The highest BCUT2D eigenvalue weighted by Gasteiger charge is 2.37. The van der Waals surface area contributed by atoms with Gasteiger partial charge in [-0.05, 0) is 12.3 Å². The molecule has 0 radical (unpaired) electrons. The fourth-order valence-corrected chi connectivity index (χ4v) is 0.806. The van der Waals surface area contributed by atoms with E-state index in [1.54, 1.807) is 20.8 Å². The van der Waals surface area contributed by atoms with Gasteiger partial charge in [-0.3, -0.25) is 0 Å². The Bertz CT molecular complexity index is 131. The van der Waals surface area contributed by atoms with Crippen LogP contribution in [0.25, 0.3) is 0 Å². The molecule has 0 heterocycles. The number of carboxylic acids is 1. The number of carboxylic acid groups (broad SMARTS) is 1. The number of aliphatic carboxylic acids is 1. The molecule has 60 valence electrons. The molecule has 0 saturated heterocycles. The van der Waals surface area contributed by atoms with E-state index in [0.717, 1.165) is 0 Å². The quantitative estimate of drug-likeness (QED) is 0.621. The Morgan fingerprint density at radius 1 is 1.60 bits per heavy atom. The second-order valence-corrected chi connectivity index (χ2v) is 2.74. The largest absolute Gasteiger partial charge is 0.479 e. The van der Waals surface area contributed by atoms with Gasteiger partial charge in [0.05, 0.1) is 0 Å². The van der Waals surface area contributed by atoms with E-state index in [9.17, 15) is 9.90 Å². The molecular weight excluding hydrogens is 132 g/mol. The smallest absolute Gasteiger partial charge is 0.335 e. The van der Waals surface area contributed by atoms with E-state index in [-0.39, 0.29) is 12.3 Å². The molecule has 0 aromatic rings. The second kappa shape index (κ2) is 3.01. The lowest BCUT2D eigenvalue weighted by Crippen LogP contribution is -2.42. The average Bonchev–Trinajstić information content (AvgIpc) is 1.85. The number of rotatable bonds is 3. The molecule has 0 amide bonds. The van der Waals surface area contributed by atoms with Crippen LogP contribution in [0.4, 0.5) is 0 Å². The molecule has 0 aromatic heterocycles. The van der Waals surface area contributed by atoms with Gasteiger partial charge in [0.25, 0.3) is 0 Å².